The number of thiocarbonyl (C=S) groups is 1. The Morgan fingerprint density at radius 1 is 1.27 bits per heavy atom. The lowest BCUT2D eigenvalue weighted by Gasteiger charge is -1.99. The fourth-order valence-electron chi connectivity index (χ4n) is 1.34. The molecule has 0 radical (unpaired) electrons. The minimum atomic E-state index is -0.349. The van der Waals surface area contributed by atoms with Crippen LogP contribution in [0.3, 0.4) is 0 Å². The largest absolute Gasteiger partial charge is 0.347 e. The number of hydrogen-bond donors (Lipinski definition) is 2. The van der Waals surface area contributed by atoms with Gasteiger partial charge in [0.2, 0.25) is 0 Å². The Labute approximate surface area is 93.2 Å². The Kier molecular flexibility index (Phi) is 2.78. The first-order valence-corrected chi connectivity index (χ1v) is 5.01. The molecule has 1 atom stereocenters. The molecule has 1 aliphatic heterocycles. The summed E-state index contributed by atoms with van der Waals surface area (Å²) in [6.07, 6.45) is 3.69. The topological polar surface area (TPSA) is 41.1 Å². The second-order valence-electron chi connectivity index (χ2n) is 3.21. The molecule has 1 heterocycles. The summed E-state index contributed by atoms with van der Waals surface area (Å²) in [5, 5.41) is 5.78. The second kappa shape index (κ2) is 4.23. The first kappa shape index (κ1) is 9.86. The van der Waals surface area contributed by atoms with Crippen molar-refractivity contribution in [3.05, 3.63) is 42.0 Å². The standard InChI is InChI=1S/C11H10N2OS/c14-10-9(12-11(15)13-10)7-6-8-4-2-1-3-5-8/h1-7,9H,(H2,12,13,14,15)/b7-6+. The highest BCUT2D eigenvalue weighted by Gasteiger charge is 2.23. The van der Waals surface area contributed by atoms with E-state index < -0.39 is 0 Å². The Morgan fingerprint density at radius 2 is 2.00 bits per heavy atom. The molecule has 0 aliphatic carbocycles. The maximum Gasteiger partial charge on any atom is 0.252 e. The third-order valence-electron chi connectivity index (χ3n) is 2.09. The Balaban J connectivity index is 2.06. The highest BCUT2D eigenvalue weighted by atomic mass is 32.1. The van der Waals surface area contributed by atoms with Crippen LogP contribution in [0, 0.1) is 0 Å². The van der Waals surface area contributed by atoms with Gasteiger partial charge in [-0.15, -0.1) is 0 Å². The molecule has 1 fully saturated rings. The van der Waals surface area contributed by atoms with Gasteiger partial charge in [0.25, 0.3) is 5.91 Å². The Hall–Kier alpha value is -1.68. The summed E-state index contributed by atoms with van der Waals surface area (Å²) >= 11 is 4.83. The van der Waals surface area contributed by atoms with E-state index in [1.165, 1.54) is 0 Å². The van der Waals surface area contributed by atoms with Gasteiger partial charge in [0.15, 0.2) is 5.11 Å². The van der Waals surface area contributed by atoms with E-state index in [1.807, 2.05) is 36.4 Å². The summed E-state index contributed by atoms with van der Waals surface area (Å²) in [6, 6.07) is 9.45. The molecule has 1 saturated heterocycles. The zero-order valence-electron chi connectivity index (χ0n) is 7.94. The number of benzene rings is 1. The van der Waals surface area contributed by atoms with Crippen LogP contribution in [0.2, 0.25) is 0 Å². The SMILES string of the molecule is O=C1NC(=S)NC1/C=C/c1ccccc1. The van der Waals surface area contributed by atoms with Crippen LogP contribution in [-0.2, 0) is 4.79 Å². The third-order valence-corrected chi connectivity index (χ3v) is 2.31. The molecule has 0 spiro atoms. The van der Waals surface area contributed by atoms with Crippen molar-refractivity contribution in [2.45, 2.75) is 6.04 Å². The van der Waals surface area contributed by atoms with Gasteiger partial charge in [0.1, 0.15) is 6.04 Å². The average Bonchev–Trinajstić information content (AvgIpc) is 2.56. The predicted octanol–water partition coefficient (Wildman–Crippen LogP) is 1.07. The highest BCUT2D eigenvalue weighted by Crippen LogP contribution is 2.03. The molecule has 1 unspecified atom stereocenters. The first-order chi connectivity index (χ1) is 7.25. The number of rotatable bonds is 2. The number of nitrogens with one attached hydrogen (secondary N) is 2. The highest BCUT2D eigenvalue weighted by molar-refractivity contribution is 7.80. The van der Waals surface area contributed by atoms with Gasteiger partial charge in [0, 0.05) is 0 Å². The van der Waals surface area contributed by atoms with Gasteiger partial charge in [-0.25, -0.2) is 0 Å². The number of hydrogen-bond acceptors (Lipinski definition) is 2. The molecule has 2 rings (SSSR count). The zero-order chi connectivity index (χ0) is 10.7. The smallest absolute Gasteiger partial charge is 0.252 e. The van der Waals surface area contributed by atoms with Crippen molar-refractivity contribution < 1.29 is 4.79 Å². The molecule has 1 aliphatic rings. The van der Waals surface area contributed by atoms with Crippen LogP contribution in [-0.4, -0.2) is 17.1 Å². The molecule has 3 nitrogen and oxygen atoms in total. The Bertz CT molecular complexity index is 414. The average molecular weight is 218 g/mol. The molecule has 76 valence electrons. The quantitative estimate of drug-likeness (QED) is 0.730. The van der Waals surface area contributed by atoms with Crippen molar-refractivity contribution in [3.63, 3.8) is 0 Å². The molecular formula is C11H10N2OS. The molecular weight excluding hydrogens is 208 g/mol. The molecule has 0 bridgehead atoms. The van der Waals surface area contributed by atoms with E-state index in [4.69, 9.17) is 12.2 Å². The van der Waals surface area contributed by atoms with Gasteiger partial charge >= 0.3 is 0 Å². The van der Waals surface area contributed by atoms with Gasteiger partial charge in [-0.3, -0.25) is 4.79 Å². The van der Waals surface area contributed by atoms with Crippen LogP contribution in [0.15, 0.2) is 36.4 Å². The molecule has 1 aromatic carbocycles. The minimum absolute atomic E-state index is 0.104. The number of carbonyl (C=O) groups is 1. The van der Waals surface area contributed by atoms with E-state index >= 15 is 0 Å². The maximum absolute atomic E-state index is 11.3. The van der Waals surface area contributed by atoms with E-state index in [9.17, 15) is 4.79 Å². The van der Waals surface area contributed by atoms with Crippen molar-refractivity contribution in [2.24, 2.45) is 0 Å². The molecule has 2 N–H and O–H groups in total. The van der Waals surface area contributed by atoms with Gasteiger partial charge in [-0.2, -0.15) is 0 Å². The first-order valence-electron chi connectivity index (χ1n) is 4.60. The molecule has 15 heavy (non-hydrogen) atoms. The van der Waals surface area contributed by atoms with Crippen molar-refractivity contribution in [1.29, 1.82) is 0 Å². The summed E-state index contributed by atoms with van der Waals surface area (Å²) in [7, 11) is 0. The van der Waals surface area contributed by atoms with Crippen LogP contribution >= 0.6 is 12.2 Å². The lowest BCUT2D eigenvalue weighted by Crippen LogP contribution is -2.25. The maximum atomic E-state index is 11.3. The van der Waals surface area contributed by atoms with Crippen LogP contribution in [0.25, 0.3) is 6.08 Å². The summed E-state index contributed by atoms with van der Waals surface area (Å²) in [5.41, 5.74) is 1.06. The molecule has 4 heteroatoms. The monoisotopic (exact) mass is 218 g/mol. The van der Waals surface area contributed by atoms with Crippen molar-refractivity contribution in [1.82, 2.24) is 10.6 Å². The van der Waals surface area contributed by atoms with Crippen molar-refractivity contribution in [2.75, 3.05) is 0 Å². The van der Waals surface area contributed by atoms with Gasteiger partial charge in [-0.1, -0.05) is 42.5 Å². The normalized spacial score (nSPS) is 20.4. The van der Waals surface area contributed by atoms with Gasteiger partial charge in [-0.05, 0) is 17.8 Å². The van der Waals surface area contributed by atoms with E-state index in [-0.39, 0.29) is 11.9 Å². The lowest BCUT2D eigenvalue weighted by molar-refractivity contribution is -0.119. The number of amides is 1. The fraction of sp³-hybridized carbons (Fsp3) is 0.0909. The summed E-state index contributed by atoms with van der Waals surface area (Å²) in [4.78, 5) is 11.3. The predicted molar refractivity (Wildman–Crippen MR) is 63.1 cm³/mol. The number of carbonyl (C=O) groups excluding carboxylic acids is 1. The van der Waals surface area contributed by atoms with E-state index in [0.717, 1.165) is 5.56 Å². The molecule has 0 aromatic heterocycles. The van der Waals surface area contributed by atoms with Crippen LogP contribution in [0.4, 0.5) is 0 Å². The van der Waals surface area contributed by atoms with E-state index in [2.05, 4.69) is 10.6 Å². The molecule has 0 saturated carbocycles. The van der Waals surface area contributed by atoms with Crippen molar-refractivity contribution >= 4 is 29.3 Å². The van der Waals surface area contributed by atoms with Crippen molar-refractivity contribution in [3.8, 4) is 0 Å². The minimum Gasteiger partial charge on any atom is -0.347 e. The summed E-state index contributed by atoms with van der Waals surface area (Å²) in [5.74, 6) is -0.104. The van der Waals surface area contributed by atoms with E-state index in [1.54, 1.807) is 6.08 Å². The molecule has 1 amide bonds. The molecule has 1 aromatic rings. The van der Waals surface area contributed by atoms with E-state index in [0.29, 0.717) is 5.11 Å². The summed E-state index contributed by atoms with van der Waals surface area (Å²) < 4.78 is 0. The Morgan fingerprint density at radius 3 is 2.60 bits per heavy atom. The van der Waals surface area contributed by atoms with Crippen LogP contribution < -0.4 is 10.6 Å². The third kappa shape index (κ3) is 2.41. The lowest BCUT2D eigenvalue weighted by atomic mass is 10.2. The van der Waals surface area contributed by atoms with Crippen LogP contribution in [0.5, 0.6) is 0 Å². The zero-order valence-corrected chi connectivity index (χ0v) is 8.75. The van der Waals surface area contributed by atoms with Gasteiger partial charge < -0.3 is 10.6 Å². The second-order valence-corrected chi connectivity index (χ2v) is 3.62. The fourth-order valence-corrected chi connectivity index (χ4v) is 1.57. The van der Waals surface area contributed by atoms with Gasteiger partial charge in [0.05, 0.1) is 0 Å². The van der Waals surface area contributed by atoms with Crippen LogP contribution in [0.1, 0.15) is 5.56 Å². The summed E-state index contributed by atoms with van der Waals surface area (Å²) in [6.45, 7) is 0.